The highest BCUT2D eigenvalue weighted by Crippen LogP contribution is 2.46. The van der Waals surface area contributed by atoms with Crippen molar-refractivity contribution in [2.75, 3.05) is 40.4 Å². The summed E-state index contributed by atoms with van der Waals surface area (Å²) >= 11 is 1.51. The van der Waals surface area contributed by atoms with Crippen LogP contribution in [-0.2, 0) is 38.4 Å². The highest BCUT2D eigenvalue weighted by Gasteiger charge is 2.49. The van der Waals surface area contributed by atoms with Crippen LogP contribution in [0.2, 0.25) is 0 Å². The Bertz CT molecular complexity index is 2190. The lowest BCUT2D eigenvalue weighted by molar-refractivity contribution is -0.164. The summed E-state index contributed by atoms with van der Waals surface area (Å²) in [5.74, 6) is 0.555. The van der Waals surface area contributed by atoms with Crippen molar-refractivity contribution in [2.45, 2.75) is 123 Å². The maximum absolute atomic E-state index is 14.3. The van der Waals surface area contributed by atoms with Crippen molar-refractivity contribution in [1.82, 2.24) is 35.2 Å². The smallest absolute Gasteiger partial charge is 0.259 e. The van der Waals surface area contributed by atoms with Crippen molar-refractivity contribution in [3.8, 4) is 22.5 Å². The molecule has 1 aliphatic carbocycles. The van der Waals surface area contributed by atoms with E-state index in [1.54, 1.807) is 12.1 Å². The Kier molecular flexibility index (Phi) is 12.6. The van der Waals surface area contributed by atoms with Crippen LogP contribution in [0.1, 0.15) is 107 Å². The Labute approximate surface area is 359 Å². The third kappa shape index (κ3) is 8.67. The van der Waals surface area contributed by atoms with Crippen molar-refractivity contribution in [3.63, 3.8) is 0 Å². The monoisotopic (exact) mass is 839 g/mol. The summed E-state index contributed by atoms with van der Waals surface area (Å²) in [5, 5.41) is 20.2. The van der Waals surface area contributed by atoms with Crippen LogP contribution >= 0.6 is 11.3 Å². The number of ether oxygens (including phenoxy) is 2. The van der Waals surface area contributed by atoms with Gasteiger partial charge in [-0.25, -0.2) is 10.4 Å². The summed E-state index contributed by atoms with van der Waals surface area (Å²) in [5.41, 5.74) is 11.5. The van der Waals surface area contributed by atoms with E-state index < -0.39 is 23.8 Å². The number of likely N-dealkylation sites (tertiary alicyclic amines) is 1. The van der Waals surface area contributed by atoms with Crippen LogP contribution in [0.25, 0.3) is 33.4 Å². The predicted molar refractivity (Wildman–Crippen MR) is 236 cm³/mol. The number of aliphatic hydroxyl groups excluding tert-OH is 1. The second kappa shape index (κ2) is 17.6. The normalized spacial score (nSPS) is 28.2. The molecule has 8 atom stereocenters. The second-order valence-electron chi connectivity index (χ2n) is 18.9. The van der Waals surface area contributed by atoms with Crippen molar-refractivity contribution in [3.05, 3.63) is 57.7 Å². The first-order valence-corrected chi connectivity index (χ1v) is 23.1. The van der Waals surface area contributed by atoms with Crippen LogP contribution in [0.15, 0.2) is 35.8 Å². The minimum atomic E-state index is -1.14. The van der Waals surface area contributed by atoms with Crippen LogP contribution in [0.3, 0.4) is 0 Å². The van der Waals surface area contributed by atoms with Gasteiger partial charge < -0.3 is 29.4 Å². The van der Waals surface area contributed by atoms with Gasteiger partial charge in [-0.05, 0) is 125 Å². The number of benzene rings is 1. The van der Waals surface area contributed by atoms with Crippen molar-refractivity contribution in [2.24, 2.45) is 23.2 Å². The minimum absolute atomic E-state index is 0.0914. The number of amides is 2. The average Bonchev–Trinajstić information content (AvgIpc) is 3.52. The molecule has 8 rings (SSSR count). The molecule has 3 aliphatic heterocycles. The molecule has 1 aromatic carbocycles. The molecule has 6 heterocycles. The number of pyridine rings is 1. The lowest BCUT2D eigenvalue weighted by Crippen LogP contribution is -2.61. The number of fused-ring (bicyclic) bond motifs is 6. The van der Waals surface area contributed by atoms with Crippen molar-refractivity contribution >= 4 is 34.1 Å². The molecule has 324 valence electrons. The fourth-order valence-electron chi connectivity index (χ4n) is 9.96. The van der Waals surface area contributed by atoms with Gasteiger partial charge in [0.2, 0.25) is 5.91 Å². The SMILES string of the molecule is CCn1c(-c2cc([C@H]3CCCN(C)CC3)cnc2[C@H](C)OC)c2c3cc(ccc31)-c1csc(n1)C[C@H](NC(=O)C1[C@@H](C)[C@H]1C)C(=O)N1CCC[C@H](N1)C(O)OCC(C)(C)C2. The Morgan fingerprint density at radius 3 is 2.67 bits per heavy atom. The molecule has 3 fully saturated rings. The van der Waals surface area contributed by atoms with E-state index in [-0.39, 0.29) is 42.1 Å². The van der Waals surface area contributed by atoms with E-state index in [9.17, 15) is 14.7 Å². The Balaban J connectivity index is 1.26. The van der Waals surface area contributed by atoms with E-state index in [0.717, 1.165) is 83.0 Å². The predicted octanol–water partition coefficient (Wildman–Crippen LogP) is 7.10. The Morgan fingerprint density at radius 1 is 1.13 bits per heavy atom. The molecule has 4 aliphatic rings. The summed E-state index contributed by atoms with van der Waals surface area (Å²) in [4.78, 5) is 40.5. The Hall–Kier alpha value is -3.72. The average molecular weight is 840 g/mol. The molecule has 12 nitrogen and oxygen atoms in total. The number of carbonyl (C=O) groups excluding carboxylic acids is 2. The first-order valence-electron chi connectivity index (χ1n) is 22.3. The first kappa shape index (κ1) is 42.9. The number of aliphatic hydroxyl groups is 1. The molecule has 60 heavy (non-hydrogen) atoms. The van der Waals surface area contributed by atoms with Crippen molar-refractivity contribution < 1.29 is 24.2 Å². The Morgan fingerprint density at radius 2 is 1.92 bits per heavy atom. The van der Waals surface area contributed by atoms with E-state index in [4.69, 9.17) is 19.4 Å². The first-order chi connectivity index (χ1) is 28.8. The largest absolute Gasteiger partial charge is 0.375 e. The van der Waals surface area contributed by atoms with Gasteiger partial charge in [-0.3, -0.25) is 19.6 Å². The molecule has 3 N–H and O–H groups in total. The van der Waals surface area contributed by atoms with Gasteiger partial charge in [0.05, 0.1) is 40.8 Å². The number of hydrazine groups is 1. The van der Waals surface area contributed by atoms with Crippen LogP contribution in [0.5, 0.6) is 0 Å². The summed E-state index contributed by atoms with van der Waals surface area (Å²) < 4.78 is 14.8. The minimum Gasteiger partial charge on any atom is -0.375 e. The van der Waals surface area contributed by atoms with E-state index >= 15 is 0 Å². The summed E-state index contributed by atoms with van der Waals surface area (Å²) in [6.07, 6.45) is 6.40. The van der Waals surface area contributed by atoms with Crippen LogP contribution < -0.4 is 10.7 Å². The number of nitrogens with zero attached hydrogens (tertiary/aromatic N) is 5. The van der Waals surface area contributed by atoms with Gasteiger partial charge in [-0.15, -0.1) is 11.3 Å². The van der Waals surface area contributed by atoms with Gasteiger partial charge in [0.15, 0.2) is 6.29 Å². The molecule has 2 saturated heterocycles. The number of methoxy groups -OCH3 is 1. The van der Waals surface area contributed by atoms with E-state index in [2.05, 4.69) is 105 Å². The third-order valence-corrected chi connectivity index (χ3v) is 14.8. The molecule has 2 unspecified atom stereocenters. The quantitative estimate of drug-likeness (QED) is 0.178. The zero-order chi connectivity index (χ0) is 42.5. The summed E-state index contributed by atoms with van der Waals surface area (Å²) in [6.45, 7) is 16.5. The topological polar surface area (TPSA) is 134 Å². The lowest BCUT2D eigenvalue weighted by Gasteiger charge is -2.38. The number of nitrogens with one attached hydrogen (secondary N) is 2. The molecule has 4 aromatic rings. The van der Waals surface area contributed by atoms with Crippen LogP contribution in [0, 0.1) is 23.2 Å². The van der Waals surface area contributed by atoms with E-state index in [1.807, 2.05) is 0 Å². The zero-order valence-electron chi connectivity index (χ0n) is 36.8. The number of hydrogen-bond acceptors (Lipinski definition) is 10. The second-order valence-corrected chi connectivity index (χ2v) is 19.8. The van der Waals surface area contributed by atoms with Gasteiger partial charge in [0.25, 0.3) is 5.91 Å². The molecule has 13 heteroatoms. The summed E-state index contributed by atoms with van der Waals surface area (Å²) in [6, 6.07) is 7.75. The number of thiazole rings is 1. The van der Waals surface area contributed by atoms with Gasteiger partial charge in [-0.1, -0.05) is 33.8 Å². The molecule has 6 bridgehead atoms. The van der Waals surface area contributed by atoms with Gasteiger partial charge in [0.1, 0.15) is 6.04 Å². The molecular formula is C47H65N7O5S. The van der Waals surface area contributed by atoms with Crippen LogP contribution in [0.4, 0.5) is 0 Å². The molecule has 0 radical (unpaired) electrons. The fraction of sp³-hybridized carbons (Fsp3) is 0.617. The van der Waals surface area contributed by atoms with Crippen molar-refractivity contribution in [1.29, 1.82) is 0 Å². The highest BCUT2D eigenvalue weighted by molar-refractivity contribution is 7.10. The third-order valence-electron chi connectivity index (χ3n) is 13.9. The number of rotatable bonds is 7. The van der Waals surface area contributed by atoms with Gasteiger partial charge in [0, 0.05) is 66.1 Å². The van der Waals surface area contributed by atoms with Crippen LogP contribution in [-0.4, -0.2) is 100 Å². The molecular weight excluding hydrogens is 775 g/mol. The van der Waals surface area contributed by atoms with Gasteiger partial charge in [-0.2, -0.15) is 0 Å². The van der Waals surface area contributed by atoms with Gasteiger partial charge >= 0.3 is 0 Å². The molecule has 3 aromatic heterocycles. The number of carbonyl (C=O) groups is 2. The lowest BCUT2D eigenvalue weighted by atomic mass is 9.83. The van der Waals surface area contributed by atoms with E-state index in [0.29, 0.717) is 38.3 Å². The summed E-state index contributed by atoms with van der Waals surface area (Å²) in [7, 11) is 3.97. The zero-order valence-corrected chi connectivity index (χ0v) is 37.6. The number of aromatic nitrogens is 3. The molecule has 0 spiro atoms. The fourth-order valence-corrected chi connectivity index (χ4v) is 10.8. The molecule has 2 amide bonds. The highest BCUT2D eigenvalue weighted by atomic mass is 32.1. The van der Waals surface area contributed by atoms with E-state index in [1.165, 1.54) is 22.5 Å². The maximum Gasteiger partial charge on any atom is 0.259 e. The number of aryl methyl sites for hydroxylation is 1. The maximum atomic E-state index is 14.3. The standard InChI is InChI=1S/C47H65N7O5S/c1-9-53-39-15-14-31-20-33(39)35(43(53)34-21-32(24-48-42(34)29(4)58-8)30-12-10-17-52(7)19-16-30)23-47(5,6)26-59-46(57)36-13-11-18-54(51-36)45(56)37(22-40-49-38(31)25-60-40)50-44(55)41-27(2)28(41)3/h14-15,20-21,24-25,27-30,36-37,41,46,51,57H,9-13,16-19,22-23,26H2,1-8H3,(H,50,55)/t27-,28+,29-,30-,36-,37-,41?,46?/m0/s1. The molecule has 1 saturated carbocycles. The number of hydrogen-bond donors (Lipinski definition) is 3.